The molecule has 16 heteroatoms. The van der Waals surface area contributed by atoms with Gasteiger partial charge < -0.3 is 31.7 Å². The summed E-state index contributed by atoms with van der Waals surface area (Å²) in [5.41, 5.74) is 15.1. The average Bonchev–Trinajstić information content (AvgIpc) is 2.94. The van der Waals surface area contributed by atoms with E-state index in [4.69, 9.17) is 39.4 Å². The highest BCUT2D eigenvalue weighted by atomic mass is 35.5. The van der Waals surface area contributed by atoms with E-state index in [2.05, 4.69) is 15.6 Å². The third-order valence-electron chi connectivity index (χ3n) is 6.04. The molecule has 0 saturated carbocycles. The highest BCUT2D eigenvalue weighted by Crippen LogP contribution is 2.16. The number of amides is 2. The van der Waals surface area contributed by atoms with Crippen molar-refractivity contribution in [3.8, 4) is 0 Å². The molecule has 0 fully saturated rings. The summed E-state index contributed by atoms with van der Waals surface area (Å²) in [6, 6.07) is 4.61. The van der Waals surface area contributed by atoms with Crippen molar-refractivity contribution in [3.63, 3.8) is 0 Å². The number of ether oxygens (including phenoxy) is 1. The first-order valence-electron chi connectivity index (χ1n) is 13.8. The first-order valence-corrected chi connectivity index (χ1v) is 14.8. The molecule has 1 aromatic carbocycles. The molecule has 0 spiro atoms. The second-order valence-electron chi connectivity index (χ2n) is 9.28. The number of guanidine groups is 1. The molecule has 0 aliphatic rings. The molecule has 14 nitrogen and oxygen atoms in total. The molecule has 0 aliphatic carbocycles. The van der Waals surface area contributed by atoms with Crippen LogP contribution >= 0.6 is 23.2 Å². The van der Waals surface area contributed by atoms with Crippen LogP contribution < -0.4 is 32.4 Å². The number of hydrazine groups is 1. The Morgan fingerprint density at radius 3 is 2.21 bits per heavy atom. The second kappa shape index (κ2) is 20.5. The van der Waals surface area contributed by atoms with Crippen LogP contribution in [0.2, 0.25) is 0 Å². The van der Waals surface area contributed by atoms with E-state index < -0.39 is 46.9 Å². The van der Waals surface area contributed by atoms with Gasteiger partial charge in [0.1, 0.15) is 12.1 Å². The Morgan fingerprint density at radius 1 is 1.05 bits per heavy atom. The number of hydrogen-bond donors (Lipinski definition) is 5. The van der Waals surface area contributed by atoms with Crippen LogP contribution in [0.3, 0.4) is 0 Å². The van der Waals surface area contributed by atoms with Gasteiger partial charge in [0.25, 0.3) is 5.96 Å². The zero-order valence-electron chi connectivity index (χ0n) is 24.0. The molecule has 0 aliphatic heterocycles. The van der Waals surface area contributed by atoms with Crippen LogP contribution in [0.15, 0.2) is 29.3 Å². The van der Waals surface area contributed by atoms with Gasteiger partial charge in [-0.1, -0.05) is 30.9 Å². The highest BCUT2D eigenvalue weighted by molar-refractivity contribution is 6.18. The zero-order chi connectivity index (χ0) is 31.5. The number of benzene rings is 1. The first-order chi connectivity index (χ1) is 20.1. The van der Waals surface area contributed by atoms with Gasteiger partial charge in [-0.15, -0.1) is 23.2 Å². The van der Waals surface area contributed by atoms with Crippen LogP contribution in [0, 0.1) is 10.1 Å². The maximum Gasteiger partial charge on any atom is 0.328 e. The number of anilines is 1. The lowest BCUT2D eigenvalue weighted by Crippen LogP contribution is -2.55. The number of halogens is 2. The van der Waals surface area contributed by atoms with Crippen molar-refractivity contribution >= 4 is 52.6 Å². The van der Waals surface area contributed by atoms with Crippen LogP contribution in [0.5, 0.6) is 0 Å². The summed E-state index contributed by atoms with van der Waals surface area (Å²) in [6.07, 6.45) is 1.51. The normalized spacial score (nSPS) is 13.4. The van der Waals surface area contributed by atoms with E-state index in [1.54, 1.807) is 12.3 Å². The van der Waals surface area contributed by atoms with Crippen LogP contribution in [0.1, 0.15) is 45.1 Å². The van der Waals surface area contributed by atoms with Crippen molar-refractivity contribution in [1.82, 2.24) is 16.1 Å². The number of rotatable bonds is 20. The van der Waals surface area contributed by atoms with Gasteiger partial charge in [-0.05, 0) is 50.3 Å². The molecule has 0 saturated heterocycles. The number of carbonyl (C=O) groups is 3. The van der Waals surface area contributed by atoms with Gasteiger partial charge in [-0.25, -0.2) is 19.9 Å². The monoisotopic (exact) mass is 632 g/mol. The third kappa shape index (κ3) is 14.0. The fourth-order valence-electron chi connectivity index (χ4n) is 3.99. The Hall–Kier alpha value is -3.36. The Balaban J connectivity index is 2.95. The first kappa shape index (κ1) is 36.7. The van der Waals surface area contributed by atoms with Crippen LogP contribution in [-0.4, -0.2) is 84.9 Å². The molecule has 0 aromatic heterocycles. The third-order valence-corrected chi connectivity index (χ3v) is 6.38. The summed E-state index contributed by atoms with van der Waals surface area (Å²) in [6.45, 7) is 5.00. The van der Waals surface area contributed by atoms with E-state index in [0.29, 0.717) is 37.7 Å². The number of carbonyl (C=O) groups excluding carboxylic acids is 3. The summed E-state index contributed by atoms with van der Waals surface area (Å²) in [7, 11) is 0. The molecule has 0 bridgehead atoms. The van der Waals surface area contributed by atoms with Crippen molar-refractivity contribution in [1.29, 1.82) is 0 Å². The largest absolute Gasteiger partial charge is 0.464 e. The van der Waals surface area contributed by atoms with Crippen molar-refractivity contribution in [2.75, 3.05) is 42.9 Å². The number of esters is 1. The topological polar surface area (TPSA) is 207 Å². The quantitative estimate of drug-likeness (QED) is 0.0262. The number of hydrogen-bond acceptors (Lipinski definition) is 9. The minimum atomic E-state index is -1.06. The van der Waals surface area contributed by atoms with Gasteiger partial charge in [-0.3, -0.25) is 9.59 Å². The minimum Gasteiger partial charge on any atom is -0.464 e. The van der Waals surface area contributed by atoms with Gasteiger partial charge in [0.15, 0.2) is 5.03 Å². The smallest absolute Gasteiger partial charge is 0.328 e. The van der Waals surface area contributed by atoms with Crippen LogP contribution in [0.4, 0.5) is 5.69 Å². The molecule has 0 radical (unpaired) electrons. The van der Waals surface area contributed by atoms with Crippen LogP contribution in [0.25, 0.3) is 0 Å². The lowest BCUT2D eigenvalue weighted by atomic mass is 10.0. The Morgan fingerprint density at radius 2 is 1.67 bits per heavy atom. The van der Waals surface area contributed by atoms with Gasteiger partial charge in [0.2, 0.25) is 11.8 Å². The fourth-order valence-corrected chi connectivity index (χ4v) is 4.40. The average molecular weight is 634 g/mol. The SMILES string of the molecule is CCC[C@H](NC(=O)[C@H](CCCN=C(N)N[N+](=O)[O-])NC(=O)[C@@H](N)Cc1ccc(N(CCCl)CCCl)cc1)C(=O)OCC. The molecule has 1 rings (SSSR count). The molecule has 236 valence electrons. The Bertz CT molecular complexity index is 1020. The van der Waals surface area contributed by atoms with Crippen molar-refractivity contribution in [3.05, 3.63) is 39.9 Å². The standard InChI is InChI=1S/C26H42Cl2N8O6/c1-3-6-22(25(39)42-4-2)33-24(38)21(7-5-14-31-26(30)34-36(40)41)32-23(37)20(29)17-18-8-10-19(11-9-18)35(15-12-27)16-13-28/h8-11,20-22H,3-7,12-17,29H2,1-2H3,(H,32,37)(H,33,38)(H3,30,31,34)/t20-,21-,22-/m0/s1. The Kier molecular flexibility index (Phi) is 17.9. The van der Waals surface area contributed by atoms with Gasteiger partial charge in [0, 0.05) is 37.1 Å². The van der Waals surface area contributed by atoms with Crippen molar-refractivity contribution in [2.45, 2.75) is 64.1 Å². The number of nitrogens with zero attached hydrogens (tertiary/aromatic N) is 3. The highest BCUT2D eigenvalue weighted by Gasteiger charge is 2.28. The van der Waals surface area contributed by atoms with E-state index in [1.165, 1.54) is 0 Å². The summed E-state index contributed by atoms with van der Waals surface area (Å²) in [5.74, 6) is -1.22. The molecular weight excluding hydrogens is 591 g/mol. The molecule has 3 atom stereocenters. The molecular formula is C26H42Cl2N8O6. The fraction of sp³-hybridized carbons (Fsp3) is 0.615. The molecule has 2 amide bonds. The van der Waals surface area contributed by atoms with E-state index in [9.17, 15) is 24.5 Å². The van der Waals surface area contributed by atoms with E-state index in [0.717, 1.165) is 11.3 Å². The van der Waals surface area contributed by atoms with Crippen molar-refractivity contribution in [2.24, 2.45) is 16.5 Å². The molecule has 1 aromatic rings. The number of aliphatic imine (C=N–C) groups is 1. The molecule has 42 heavy (non-hydrogen) atoms. The minimum absolute atomic E-state index is 0.0471. The lowest BCUT2D eigenvalue weighted by Gasteiger charge is -2.24. The number of nitro groups is 1. The Labute approximate surface area is 256 Å². The summed E-state index contributed by atoms with van der Waals surface area (Å²) in [4.78, 5) is 54.9. The predicted molar refractivity (Wildman–Crippen MR) is 163 cm³/mol. The number of alkyl halides is 2. The van der Waals surface area contributed by atoms with Crippen molar-refractivity contribution < 1.29 is 24.2 Å². The summed E-state index contributed by atoms with van der Waals surface area (Å²) in [5, 5.41) is 15.0. The molecule has 0 unspecified atom stereocenters. The van der Waals surface area contributed by atoms with Gasteiger partial charge in [-0.2, -0.15) is 0 Å². The summed E-state index contributed by atoms with van der Waals surface area (Å²) < 4.78 is 5.06. The summed E-state index contributed by atoms with van der Waals surface area (Å²) >= 11 is 11.8. The zero-order valence-corrected chi connectivity index (χ0v) is 25.5. The van der Waals surface area contributed by atoms with Gasteiger partial charge >= 0.3 is 5.97 Å². The molecule has 0 heterocycles. The lowest BCUT2D eigenvalue weighted by molar-refractivity contribution is -0.525. The number of nitrogens with two attached hydrogens (primary N) is 2. The predicted octanol–water partition coefficient (Wildman–Crippen LogP) is 1.05. The van der Waals surface area contributed by atoms with Crippen LogP contribution in [-0.2, 0) is 25.5 Å². The van der Waals surface area contributed by atoms with Gasteiger partial charge in [0.05, 0.1) is 12.6 Å². The maximum absolute atomic E-state index is 13.2. The van der Waals surface area contributed by atoms with E-state index in [-0.39, 0.29) is 32.4 Å². The molecule has 7 N–H and O–H groups in total. The number of nitrogens with one attached hydrogen (secondary N) is 3. The van der Waals surface area contributed by atoms with E-state index in [1.807, 2.05) is 36.1 Å². The van der Waals surface area contributed by atoms with E-state index >= 15 is 0 Å². The second-order valence-corrected chi connectivity index (χ2v) is 10.0. The maximum atomic E-state index is 13.2.